The molecule has 0 bridgehead atoms. The van der Waals surface area contributed by atoms with Crippen LogP contribution in [0.1, 0.15) is 21.6 Å². The molecule has 0 saturated carbocycles. The van der Waals surface area contributed by atoms with Crippen LogP contribution in [0, 0.1) is 11.3 Å². The summed E-state index contributed by atoms with van der Waals surface area (Å²) in [7, 11) is 1.33. The van der Waals surface area contributed by atoms with E-state index >= 15 is 0 Å². The first-order valence-corrected chi connectivity index (χ1v) is 5.55. The molecule has 20 heavy (non-hydrogen) atoms. The van der Waals surface area contributed by atoms with Gasteiger partial charge in [0.2, 0.25) is 5.69 Å². The number of hydrogen-bond acceptors (Lipinski definition) is 7. The van der Waals surface area contributed by atoms with E-state index in [4.69, 9.17) is 9.68 Å². The van der Waals surface area contributed by atoms with Crippen molar-refractivity contribution in [2.75, 3.05) is 12.5 Å². The van der Waals surface area contributed by atoms with Crippen molar-refractivity contribution in [2.45, 2.75) is 0 Å². The van der Waals surface area contributed by atoms with Crippen LogP contribution in [0.3, 0.4) is 0 Å². The van der Waals surface area contributed by atoms with Gasteiger partial charge in [-0.1, -0.05) is 12.1 Å². The highest BCUT2D eigenvalue weighted by Crippen LogP contribution is 2.11. The summed E-state index contributed by atoms with van der Waals surface area (Å²) in [5.41, 5.74) is 3.92. The Kier molecular flexibility index (Phi) is 4.09. The van der Waals surface area contributed by atoms with E-state index in [9.17, 15) is 4.79 Å². The van der Waals surface area contributed by atoms with E-state index in [2.05, 4.69) is 20.2 Å². The minimum atomic E-state index is -0.396. The van der Waals surface area contributed by atoms with E-state index in [0.29, 0.717) is 5.56 Å². The standard InChI is InChI=1S/C13H10N4O3/c1-19-13(18)10-4-2-9(3-5-10)7-16-17-12-11(6-14)15-8-20-12/h2-5,7-8,17H,1H3/b16-7+. The van der Waals surface area contributed by atoms with Gasteiger partial charge in [-0.3, -0.25) is 0 Å². The molecular formula is C13H10N4O3. The lowest BCUT2D eigenvalue weighted by molar-refractivity contribution is 0.0600. The van der Waals surface area contributed by atoms with E-state index in [-0.39, 0.29) is 11.6 Å². The summed E-state index contributed by atoms with van der Waals surface area (Å²) in [5, 5.41) is 12.6. The number of carbonyl (C=O) groups excluding carboxylic acids is 1. The Morgan fingerprint density at radius 2 is 2.25 bits per heavy atom. The van der Waals surface area contributed by atoms with E-state index in [1.54, 1.807) is 24.3 Å². The number of nitriles is 1. The number of carbonyl (C=O) groups is 1. The van der Waals surface area contributed by atoms with Crippen molar-refractivity contribution >= 4 is 18.1 Å². The summed E-state index contributed by atoms with van der Waals surface area (Å²) in [5.74, 6) is -0.220. The molecule has 0 saturated heterocycles. The highest BCUT2D eigenvalue weighted by Gasteiger charge is 2.05. The maximum Gasteiger partial charge on any atom is 0.337 e. The molecule has 2 aromatic rings. The van der Waals surface area contributed by atoms with E-state index in [1.165, 1.54) is 13.3 Å². The zero-order valence-electron chi connectivity index (χ0n) is 10.5. The molecule has 1 N–H and O–H groups in total. The van der Waals surface area contributed by atoms with Crippen molar-refractivity contribution in [1.29, 1.82) is 5.26 Å². The van der Waals surface area contributed by atoms with Gasteiger partial charge >= 0.3 is 5.97 Å². The third kappa shape index (κ3) is 3.00. The summed E-state index contributed by atoms with van der Waals surface area (Å²) < 4.78 is 9.54. The second-order valence-electron chi connectivity index (χ2n) is 3.63. The lowest BCUT2D eigenvalue weighted by Gasteiger charge is -1.99. The minimum Gasteiger partial charge on any atom is -0.465 e. The van der Waals surface area contributed by atoms with Gasteiger partial charge in [-0.05, 0) is 17.7 Å². The van der Waals surface area contributed by atoms with Crippen molar-refractivity contribution in [3.05, 3.63) is 47.5 Å². The summed E-state index contributed by atoms with van der Waals surface area (Å²) in [6, 6.07) is 8.54. The maximum absolute atomic E-state index is 11.2. The highest BCUT2D eigenvalue weighted by molar-refractivity contribution is 5.90. The Balaban J connectivity index is 2.02. The smallest absolute Gasteiger partial charge is 0.337 e. The molecule has 0 aliphatic rings. The Morgan fingerprint density at radius 1 is 1.50 bits per heavy atom. The molecule has 2 rings (SSSR count). The van der Waals surface area contributed by atoms with Gasteiger partial charge in [0.25, 0.3) is 5.88 Å². The summed E-state index contributed by atoms with van der Waals surface area (Å²) in [6.07, 6.45) is 2.67. The zero-order chi connectivity index (χ0) is 14.4. The van der Waals surface area contributed by atoms with Gasteiger partial charge in [-0.25, -0.2) is 15.2 Å². The summed E-state index contributed by atoms with van der Waals surface area (Å²) >= 11 is 0. The number of esters is 1. The first-order chi connectivity index (χ1) is 9.74. The van der Waals surface area contributed by atoms with Gasteiger partial charge in [-0.2, -0.15) is 10.4 Å². The highest BCUT2D eigenvalue weighted by atomic mass is 16.5. The summed E-state index contributed by atoms with van der Waals surface area (Å²) in [6.45, 7) is 0. The number of oxazole rings is 1. The average Bonchev–Trinajstić information content (AvgIpc) is 2.94. The normalized spacial score (nSPS) is 10.2. The summed E-state index contributed by atoms with van der Waals surface area (Å²) in [4.78, 5) is 14.9. The Morgan fingerprint density at radius 3 is 2.90 bits per heavy atom. The van der Waals surface area contributed by atoms with Crippen LogP contribution in [0.4, 0.5) is 5.88 Å². The van der Waals surface area contributed by atoms with Crippen LogP contribution in [0.5, 0.6) is 0 Å². The predicted octanol–water partition coefficient (Wildman–Crippen LogP) is 1.78. The Labute approximate surface area is 114 Å². The molecule has 1 heterocycles. The minimum absolute atomic E-state index is 0.128. The van der Waals surface area contributed by atoms with Crippen molar-refractivity contribution < 1.29 is 13.9 Å². The van der Waals surface area contributed by atoms with Crippen LogP contribution in [-0.2, 0) is 4.74 Å². The molecule has 7 nitrogen and oxygen atoms in total. The fourth-order valence-electron chi connectivity index (χ4n) is 1.39. The van der Waals surface area contributed by atoms with Gasteiger partial charge in [0.15, 0.2) is 6.39 Å². The number of nitrogens with zero attached hydrogens (tertiary/aromatic N) is 3. The second kappa shape index (κ2) is 6.15. The van der Waals surface area contributed by atoms with Crippen molar-refractivity contribution in [1.82, 2.24) is 4.98 Å². The average molecular weight is 270 g/mol. The number of hydrazone groups is 1. The van der Waals surface area contributed by atoms with Crippen molar-refractivity contribution in [2.24, 2.45) is 5.10 Å². The van der Waals surface area contributed by atoms with Crippen LogP contribution in [0.15, 0.2) is 40.2 Å². The fraction of sp³-hybridized carbons (Fsp3) is 0.0769. The van der Waals surface area contributed by atoms with E-state index < -0.39 is 5.97 Å². The molecule has 7 heteroatoms. The molecule has 0 aliphatic carbocycles. The van der Waals surface area contributed by atoms with Gasteiger partial charge in [0.1, 0.15) is 6.07 Å². The first-order valence-electron chi connectivity index (χ1n) is 5.55. The first kappa shape index (κ1) is 13.3. The number of aromatic nitrogens is 1. The van der Waals surface area contributed by atoms with Gasteiger partial charge in [-0.15, -0.1) is 0 Å². The second-order valence-corrected chi connectivity index (χ2v) is 3.63. The largest absolute Gasteiger partial charge is 0.465 e. The van der Waals surface area contributed by atoms with Crippen LogP contribution in [-0.4, -0.2) is 24.3 Å². The maximum atomic E-state index is 11.2. The van der Waals surface area contributed by atoms with Crippen LogP contribution < -0.4 is 5.43 Å². The number of benzene rings is 1. The quantitative estimate of drug-likeness (QED) is 0.516. The van der Waals surface area contributed by atoms with Gasteiger partial charge in [0.05, 0.1) is 18.9 Å². The van der Waals surface area contributed by atoms with Gasteiger partial charge < -0.3 is 9.15 Å². The molecule has 1 aromatic heterocycles. The van der Waals surface area contributed by atoms with Crippen molar-refractivity contribution in [3.8, 4) is 6.07 Å². The number of nitrogens with one attached hydrogen (secondary N) is 1. The lowest BCUT2D eigenvalue weighted by Crippen LogP contribution is -2.00. The number of ether oxygens (including phenoxy) is 1. The molecule has 0 radical (unpaired) electrons. The number of rotatable bonds is 4. The number of hydrogen-bond donors (Lipinski definition) is 1. The Bertz CT molecular complexity index is 668. The number of methoxy groups -OCH3 is 1. The van der Waals surface area contributed by atoms with Crippen LogP contribution in [0.2, 0.25) is 0 Å². The lowest BCUT2D eigenvalue weighted by atomic mass is 10.1. The molecule has 0 fully saturated rings. The van der Waals surface area contributed by atoms with Gasteiger partial charge in [0, 0.05) is 0 Å². The van der Waals surface area contributed by atoms with E-state index in [1.807, 2.05) is 6.07 Å². The fourth-order valence-corrected chi connectivity index (χ4v) is 1.39. The Hall–Kier alpha value is -3.14. The number of anilines is 1. The SMILES string of the molecule is COC(=O)c1ccc(/C=N/Nc2ocnc2C#N)cc1. The zero-order valence-corrected chi connectivity index (χ0v) is 10.5. The van der Waals surface area contributed by atoms with Crippen molar-refractivity contribution in [3.63, 3.8) is 0 Å². The molecular weight excluding hydrogens is 260 g/mol. The molecule has 1 aromatic carbocycles. The molecule has 0 aliphatic heterocycles. The third-order valence-corrected chi connectivity index (χ3v) is 2.38. The van der Waals surface area contributed by atoms with E-state index in [0.717, 1.165) is 12.0 Å². The van der Waals surface area contributed by atoms with Crippen LogP contribution >= 0.6 is 0 Å². The molecule has 0 amide bonds. The molecule has 100 valence electrons. The predicted molar refractivity (Wildman–Crippen MR) is 70.2 cm³/mol. The third-order valence-electron chi connectivity index (χ3n) is 2.38. The monoisotopic (exact) mass is 270 g/mol. The molecule has 0 atom stereocenters. The molecule has 0 unspecified atom stereocenters. The topological polar surface area (TPSA) is 101 Å². The molecule has 0 spiro atoms. The van der Waals surface area contributed by atoms with Crippen LogP contribution in [0.25, 0.3) is 0 Å².